The molecule has 2 heterocycles. The minimum atomic E-state index is -0.0366. The highest BCUT2D eigenvalue weighted by atomic mass is 16.1. The Morgan fingerprint density at radius 1 is 1.11 bits per heavy atom. The van der Waals surface area contributed by atoms with E-state index in [1.54, 1.807) is 10.5 Å². The fraction of sp³-hybridized carbons (Fsp3) is 0.391. The fourth-order valence-corrected chi connectivity index (χ4v) is 3.48. The predicted octanol–water partition coefficient (Wildman–Crippen LogP) is 4.44. The lowest BCUT2D eigenvalue weighted by molar-refractivity contribution is 0.408. The summed E-state index contributed by atoms with van der Waals surface area (Å²) in [6.45, 7) is 9.17. The first-order valence-electron chi connectivity index (χ1n) is 9.79. The number of aryl methyl sites for hydroxylation is 2. The molecule has 0 unspecified atom stereocenters. The molecule has 0 amide bonds. The molecule has 1 aromatic carbocycles. The van der Waals surface area contributed by atoms with Crippen molar-refractivity contribution >= 4 is 5.65 Å². The van der Waals surface area contributed by atoms with E-state index in [0.717, 1.165) is 24.1 Å². The van der Waals surface area contributed by atoms with E-state index in [2.05, 4.69) is 55.3 Å². The maximum absolute atomic E-state index is 12.4. The minimum Gasteiger partial charge on any atom is -0.304 e. The van der Waals surface area contributed by atoms with Crippen molar-refractivity contribution in [1.29, 1.82) is 0 Å². The van der Waals surface area contributed by atoms with Crippen molar-refractivity contribution in [2.24, 2.45) is 5.92 Å². The van der Waals surface area contributed by atoms with E-state index in [9.17, 15) is 4.79 Å². The SMILES string of the molecule is CCCc1ccc([C@@H](NCc2cc(=O)n3cc(C)ccc3n2)C(C)C)cc1. The van der Waals surface area contributed by atoms with Gasteiger partial charge in [0.25, 0.3) is 5.56 Å². The van der Waals surface area contributed by atoms with Crippen LogP contribution in [0, 0.1) is 12.8 Å². The van der Waals surface area contributed by atoms with Gasteiger partial charge in [-0.15, -0.1) is 0 Å². The van der Waals surface area contributed by atoms with E-state index < -0.39 is 0 Å². The number of hydrogen-bond donors (Lipinski definition) is 1. The van der Waals surface area contributed by atoms with Crippen LogP contribution >= 0.6 is 0 Å². The van der Waals surface area contributed by atoms with E-state index >= 15 is 0 Å². The molecule has 0 fully saturated rings. The molecule has 0 aliphatic heterocycles. The van der Waals surface area contributed by atoms with Gasteiger partial charge in [0.2, 0.25) is 0 Å². The van der Waals surface area contributed by atoms with Crippen LogP contribution in [0.5, 0.6) is 0 Å². The largest absolute Gasteiger partial charge is 0.304 e. The van der Waals surface area contributed by atoms with Gasteiger partial charge in [-0.2, -0.15) is 0 Å². The van der Waals surface area contributed by atoms with Gasteiger partial charge in [0.05, 0.1) is 5.69 Å². The number of fused-ring (bicyclic) bond motifs is 1. The Bertz CT molecular complexity index is 958. The van der Waals surface area contributed by atoms with Crippen LogP contribution in [-0.2, 0) is 13.0 Å². The fourth-order valence-electron chi connectivity index (χ4n) is 3.48. The Hall–Kier alpha value is -2.46. The normalized spacial score (nSPS) is 12.6. The lowest BCUT2D eigenvalue weighted by Gasteiger charge is -2.23. The van der Waals surface area contributed by atoms with Crippen molar-refractivity contribution in [2.45, 2.75) is 53.1 Å². The molecule has 142 valence electrons. The Morgan fingerprint density at radius 3 is 2.52 bits per heavy atom. The van der Waals surface area contributed by atoms with E-state index in [1.807, 2.05) is 25.3 Å². The van der Waals surface area contributed by atoms with Crippen LogP contribution < -0.4 is 10.9 Å². The maximum atomic E-state index is 12.4. The van der Waals surface area contributed by atoms with Gasteiger partial charge in [0.15, 0.2) is 0 Å². The van der Waals surface area contributed by atoms with Gasteiger partial charge in [-0.05, 0) is 42.0 Å². The molecule has 0 radical (unpaired) electrons. The van der Waals surface area contributed by atoms with Crippen LogP contribution in [-0.4, -0.2) is 9.38 Å². The molecular formula is C23H29N3O. The second-order valence-corrected chi connectivity index (χ2v) is 7.61. The number of rotatable bonds is 7. The van der Waals surface area contributed by atoms with Crippen LogP contribution in [0.25, 0.3) is 5.65 Å². The van der Waals surface area contributed by atoms with Crippen molar-refractivity contribution in [3.8, 4) is 0 Å². The van der Waals surface area contributed by atoms with Crippen molar-refractivity contribution < 1.29 is 0 Å². The highest BCUT2D eigenvalue weighted by Crippen LogP contribution is 2.23. The quantitative estimate of drug-likeness (QED) is 0.675. The summed E-state index contributed by atoms with van der Waals surface area (Å²) in [5.74, 6) is 0.436. The molecule has 3 rings (SSSR count). The number of aromatic nitrogens is 2. The molecule has 0 spiro atoms. The molecule has 0 aliphatic rings. The second kappa shape index (κ2) is 8.49. The lowest BCUT2D eigenvalue weighted by atomic mass is 9.94. The molecule has 0 saturated heterocycles. The highest BCUT2D eigenvalue weighted by molar-refractivity contribution is 5.40. The summed E-state index contributed by atoms with van der Waals surface area (Å²) < 4.78 is 1.60. The van der Waals surface area contributed by atoms with Crippen LogP contribution in [0.2, 0.25) is 0 Å². The zero-order valence-corrected chi connectivity index (χ0v) is 16.7. The summed E-state index contributed by atoms with van der Waals surface area (Å²) in [6.07, 6.45) is 4.11. The Morgan fingerprint density at radius 2 is 1.85 bits per heavy atom. The summed E-state index contributed by atoms with van der Waals surface area (Å²) in [5, 5.41) is 3.60. The molecule has 3 aromatic rings. The standard InChI is InChI=1S/C23H29N3O/c1-5-6-18-8-10-19(11-9-18)23(16(2)3)24-14-20-13-22(27)26-15-17(4)7-12-21(26)25-20/h7-13,15-16,23-24H,5-6,14H2,1-4H3/t23-/m0/s1. The number of nitrogens with one attached hydrogen (secondary N) is 1. The summed E-state index contributed by atoms with van der Waals surface area (Å²) in [7, 11) is 0. The molecular weight excluding hydrogens is 334 g/mol. The van der Waals surface area contributed by atoms with Gasteiger partial charge in [-0.3, -0.25) is 9.20 Å². The summed E-state index contributed by atoms with van der Waals surface area (Å²) in [6, 6.07) is 14.6. The average molecular weight is 364 g/mol. The monoisotopic (exact) mass is 363 g/mol. The number of nitrogens with zero attached hydrogens (tertiary/aromatic N) is 2. The van der Waals surface area contributed by atoms with Crippen molar-refractivity contribution in [3.05, 3.63) is 81.4 Å². The van der Waals surface area contributed by atoms with Gasteiger partial charge in [0.1, 0.15) is 5.65 Å². The smallest absolute Gasteiger partial charge is 0.258 e. The Labute approximate surface area is 161 Å². The van der Waals surface area contributed by atoms with Gasteiger partial charge in [-0.25, -0.2) is 4.98 Å². The molecule has 1 N–H and O–H groups in total. The first-order chi connectivity index (χ1) is 13.0. The first-order valence-corrected chi connectivity index (χ1v) is 9.79. The average Bonchev–Trinajstić information content (AvgIpc) is 2.64. The first kappa shape index (κ1) is 19.3. The molecule has 0 bridgehead atoms. The third-order valence-corrected chi connectivity index (χ3v) is 4.91. The van der Waals surface area contributed by atoms with Crippen LogP contribution in [0.3, 0.4) is 0 Å². The Balaban J connectivity index is 1.79. The summed E-state index contributed by atoms with van der Waals surface area (Å²) in [5.41, 5.74) is 5.13. The summed E-state index contributed by atoms with van der Waals surface area (Å²) in [4.78, 5) is 17.0. The van der Waals surface area contributed by atoms with E-state index in [0.29, 0.717) is 18.1 Å². The van der Waals surface area contributed by atoms with E-state index in [-0.39, 0.29) is 11.6 Å². The highest BCUT2D eigenvalue weighted by Gasteiger charge is 2.16. The maximum Gasteiger partial charge on any atom is 0.258 e. The molecule has 0 aliphatic carbocycles. The zero-order chi connectivity index (χ0) is 19.4. The molecule has 1 atom stereocenters. The summed E-state index contributed by atoms with van der Waals surface area (Å²) >= 11 is 0. The minimum absolute atomic E-state index is 0.0366. The molecule has 4 nitrogen and oxygen atoms in total. The Kier molecular flexibility index (Phi) is 6.07. The van der Waals surface area contributed by atoms with Gasteiger partial charge < -0.3 is 5.32 Å². The predicted molar refractivity (Wildman–Crippen MR) is 111 cm³/mol. The molecule has 2 aromatic heterocycles. The van der Waals surface area contributed by atoms with Gasteiger partial charge in [0, 0.05) is 24.8 Å². The molecule has 0 saturated carbocycles. The number of benzene rings is 1. The third-order valence-electron chi connectivity index (χ3n) is 4.91. The second-order valence-electron chi connectivity index (χ2n) is 7.61. The number of pyridine rings is 1. The zero-order valence-electron chi connectivity index (χ0n) is 16.7. The van der Waals surface area contributed by atoms with Crippen LogP contribution in [0.1, 0.15) is 55.6 Å². The van der Waals surface area contributed by atoms with Gasteiger partial charge in [-0.1, -0.05) is 57.5 Å². The van der Waals surface area contributed by atoms with E-state index in [4.69, 9.17) is 0 Å². The van der Waals surface area contributed by atoms with Crippen LogP contribution in [0.15, 0.2) is 53.5 Å². The number of hydrogen-bond acceptors (Lipinski definition) is 3. The van der Waals surface area contributed by atoms with Crippen molar-refractivity contribution in [1.82, 2.24) is 14.7 Å². The van der Waals surface area contributed by atoms with Gasteiger partial charge >= 0.3 is 0 Å². The van der Waals surface area contributed by atoms with Crippen molar-refractivity contribution in [3.63, 3.8) is 0 Å². The topological polar surface area (TPSA) is 46.4 Å². The molecule has 27 heavy (non-hydrogen) atoms. The lowest BCUT2D eigenvalue weighted by Crippen LogP contribution is -2.27. The van der Waals surface area contributed by atoms with E-state index in [1.165, 1.54) is 11.1 Å². The van der Waals surface area contributed by atoms with Crippen molar-refractivity contribution in [2.75, 3.05) is 0 Å². The van der Waals surface area contributed by atoms with Crippen LogP contribution in [0.4, 0.5) is 0 Å². The third kappa shape index (κ3) is 4.64. The molecule has 4 heteroatoms.